The van der Waals surface area contributed by atoms with E-state index in [1.165, 1.54) is 11.1 Å². The van der Waals surface area contributed by atoms with Crippen LogP contribution in [0.15, 0.2) is 36.4 Å². The average molecular weight is 326 g/mol. The number of rotatable bonds is 6. The third kappa shape index (κ3) is 2.62. The summed E-state index contributed by atoms with van der Waals surface area (Å²) < 4.78 is 17.6. The standard InChI is InChI=1S/C21H26O3/c1-5-21(6-2)17-11-9-15(22-7-3)13-19(17)24-20-14-16(23-8-4)10-12-18(20)21/h9-14H,5-8H2,1-4H3. The summed E-state index contributed by atoms with van der Waals surface area (Å²) in [6.07, 6.45) is 2.05. The highest BCUT2D eigenvalue weighted by molar-refractivity contribution is 5.60. The maximum absolute atomic E-state index is 6.25. The molecule has 0 fully saturated rings. The molecule has 2 aromatic carbocycles. The zero-order chi connectivity index (χ0) is 17.2. The number of hydrogen-bond acceptors (Lipinski definition) is 3. The van der Waals surface area contributed by atoms with Crippen LogP contribution in [-0.2, 0) is 5.41 Å². The highest BCUT2D eigenvalue weighted by Crippen LogP contribution is 2.53. The van der Waals surface area contributed by atoms with Gasteiger partial charge in [-0.3, -0.25) is 0 Å². The molecule has 1 aliphatic heterocycles. The van der Waals surface area contributed by atoms with Crippen molar-refractivity contribution in [2.45, 2.75) is 46.0 Å². The van der Waals surface area contributed by atoms with Crippen molar-refractivity contribution in [1.82, 2.24) is 0 Å². The molecule has 3 nitrogen and oxygen atoms in total. The van der Waals surface area contributed by atoms with Crippen molar-refractivity contribution >= 4 is 0 Å². The second-order valence-corrected chi connectivity index (χ2v) is 6.07. The summed E-state index contributed by atoms with van der Waals surface area (Å²) in [7, 11) is 0. The zero-order valence-electron chi connectivity index (χ0n) is 15.0. The molecule has 1 aliphatic rings. The van der Waals surface area contributed by atoms with Gasteiger partial charge in [-0.2, -0.15) is 0 Å². The lowest BCUT2D eigenvalue weighted by Crippen LogP contribution is -2.30. The molecule has 0 spiro atoms. The van der Waals surface area contributed by atoms with E-state index in [2.05, 4.69) is 26.0 Å². The van der Waals surface area contributed by atoms with Crippen molar-refractivity contribution < 1.29 is 14.2 Å². The summed E-state index contributed by atoms with van der Waals surface area (Å²) in [6, 6.07) is 12.4. The van der Waals surface area contributed by atoms with E-state index >= 15 is 0 Å². The van der Waals surface area contributed by atoms with E-state index in [1.54, 1.807) is 0 Å². The van der Waals surface area contributed by atoms with Gasteiger partial charge in [0, 0.05) is 28.7 Å². The van der Waals surface area contributed by atoms with Gasteiger partial charge in [0.1, 0.15) is 23.0 Å². The van der Waals surface area contributed by atoms with Crippen LogP contribution in [0.5, 0.6) is 23.0 Å². The monoisotopic (exact) mass is 326 g/mol. The third-order valence-corrected chi connectivity index (χ3v) is 4.99. The van der Waals surface area contributed by atoms with E-state index in [4.69, 9.17) is 14.2 Å². The first-order valence-corrected chi connectivity index (χ1v) is 8.91. The van der Waals surface area contributed by atoms with Crippen molar-refractivity contribution in [2.75, 3.05) is 13.2 Å². The van der Waals surface area contributed by atoms with Crippen molar-refractivity contribution in [2.24, 2.45) is 0 Å². The van der Waals surface area contributed by atoms with E-state index in [0.717, 1.165) is 35.8 Å². The summed E-state index contributed by atoms with van der Waals surface area (Å²) in [5.74, 6) is 3.49. The van der Waals surface area contributed by atoms with E-state index in [0.29, 0.717) is 13.2 Å². The van der Waals surface area contributed by atoms with Gasteiger partial charge in [0.2, 0.25) is 0 Å². The van der Waals surface area contributed by atoms with E-state index in [9.17, 15) is 0 Å². The minimum Gasteiger partial charge on any atom is -0.494 e. The maximum atomic E-state index is 6.25. The highest BCUT2D eigenvalue weighted by Gasteiger charge is 2.39. The van der Waals surface area contributed by atoms with Crippen molar-refractivity contribution in [3.8, 4) is 23.0 Å². The minimum absolute atomic E-state index is 0.0294. The quantitative estimate of drug-likeness (QED) is 0.682. The fraction of sp³-hybridized carbons (Fsp3) is 0.429. The van der Waals surface area contributed by atoms with Crippen LogP contribution in [0.4, 0.5) is 0 Å². The molecular weight excluding hydrogens is 300 g/mol. The molecule has 3 heteroatoms. The maximum Gasteiger partial charge on any atom is 0.135 e. The minimum atomic E-state index is -0.0294. The van der Waals surface area contributed by atoms with Gasteiger partial charge >= 0.3 is 0 Å². The number of fused-ring (bicyclic) bond motifs is 2. The molecule has 0 atom stereocenters. The van der Waals surface area contributed by atoms with Crippen LogP contribution >= 0.6 is 0 Å². The smallest absolute Gasteiger partial charge is 0.135 e. The molecule has 0 aromatic heterocycles. The van der Waals surface area contributed by atoms with Gasteiger partial charge in [0.25, 0.3) is 0 Å². The van der Waals surface area contributed by atoms with Crippen molar-refractivity contribution in [3.05, 3.63) is 47.5 Å². The SMILES string of the molecule is CCOc1ccc2c(c1)Oc1cc(OCC)ccc1C2(CC)CC. The number of hydrogen-bond donors (Lipinski definition) is 0. The Morgan fingerprint density at radius 2 is 1.21 bits per heavy atom. The summed E-state index contributed by atoms with van der Waals surface area (Å²) in [5, 5.41) is 0. The largest absolute Gasteiger partial charge is 0.494 e. The molecule has 3 rings (SSSR count). The predicted octanol–water partition coefficient (Wildman–Crippen LogP) is 5.70. The summed E-state index contributed by atoms with van der Waals surface area (Å²) >= 11 is 0. The Labute approximate surface area is 144 Å². The molecule has 0 bridgehead atoms. The predicted molar refractivity (Wildman–Crippen MR) is 96.7 cm³/mol. The Morgan fingerprint density at radius 3 is 1.58 bits per heavy atom. The summed E-state index contributed by atoms with van der Waals surface area (Å²) in [4.78, 5) is 0. The zero-order valence-corrected chi connectivity index (χ0v) is 15.0. The lowest BCUT2D eigenvalue weighted by atomic mass is 9.69. The fourth-order valence-electron chi connectivity index (χ4n) is 3.75. The lowest BCUT2D eigenvalue weighted by Gasteiger charge is -2.39. The average Bonchev–Trinajstić information content (AvgIpc) is 2.60. The lowest BCUT2D eigenvalue weighted by molar-refractivity contribution is 0.327. The molecule has 1 heterocycles. The van der Waals surface area contributed by atoms with Gasteiger partial charge in [-0.1, -0.05) is 26.0 Å². The fourth-order valence-corrected chi connectivity index (χ4v) is 3.75. The molecule has 128 valence electrons. The Bertz CT molecular complexity index is 660. The Balaban J connectivity index is 2.14. The number of benzene rings is 2. The first kappa shape index (κ1) is 16.7. The molecule has 0 amide bonds. The first-order chi connectivity index (χ1) is 11.7. The van der Waals surface area contributed by atoms with Crippen LogP contribution in [0.25, 0.3) is 0 Å². The molecule has 0 saturated carbocycles. The third-order valence-electron chi connectivity index (χ3n) is 4.99. The van der Waals surface area contributed by atoms with Crippen LogP contribution in [0, 0.1) is 0 Å². The van der Waals surface area contributed by atoms with Gasteiger partial charge in [-0.05, 0) is 38.8 Å². The van der Waals surface area contributed by atoms with Gasteiger partial charge in [-0.25, -0.2) is 0 Å². The Kier molecular flexibility index (Phi) is 4.70. The summed E-state index contributed by atoms with van der Waals surface area (Å²) in [6.45, 7) is 9.77. The Hall–Kier alpha value is -2.16. The topological polar surface area (TPSA) is 27.7 Å². The van der Waals surface area contributed by atoms with Crippen LogP contribution in [0.1, 0.15) is 51.7 Å². The second kappa shape index (κ2) is 6.76. The molecule has 0 aliphatic carbocycles. The van der Waals surface area contributed by atoms with Gasteiger partial charge in [0.15, 0.2) is 0 Å². The molecule has 24 heavy (non-hydrogen) atoms. The van der Waals surface area contributed by atoms with Gasteiger partial charge in [-0.15, -0.1) is 0 Å². The van der Waals surface area contributed by atoms with E-state index in [1.807, 2.05) is 38.1 Å². The summed E-state index contributed by atoms with van der Waals surface area (Å²) in [5.41, 5.74) is 2.46. The second-order valence-electron chi connectivity index (χ2n) is 6.07. The van der Waals surface area contributed by atoms with Crippen molar-refractivity contribution in [1.29, 1.82) is 0 Å². The highest BCUT2D eigenvalue weighted by atomic mass is 16.5. The van der Waals surface area contributed by atoms with Crippen LogP contribution in [0.2, 0.25) is 0 Å². The molecule has 2 aromatic rings. The number of ether oxygens (including phenoxy) is 3. The molecule has 0 saturated heterocycles. The molecule has 0 radical (unpaired) electrons. The van der Waals surface area contributed by atoms with Crippen LogP contribution < -0.4 is 14.2 Å². The van der Waals surface area contributed by atoms with E-state index < -0.39 is 0 Å². The molecule has 0 unspecified atom stereocenters. The van der Waals surface area contributed by atoms with Crippen LogP contribution in [0.3, 0.4) is 0 Å². The Morgan fingerprint density at radius 1 is 0.750 bits per heavy atom. The van der Waals surface area contributed by atoms with Crippen LogP contribution in [-0.4, -0.2) is 13.2 Å². The first-order valence-electron chi connectivity index (χ1n) is 8.91. The van der Waals surface area contributed by atoms with Gasteiger partial charge < -0.3 is 14.2 Å². The normalized spacial score (nSPS) is 14.3. The molecule has 0 N–H and O–H groups in total. The van der Waals surface area contributed by atoms with E-state index in [-0.39, 0.29) is 5.41 Å². The van der Waals surface area contributed by atoms with Gasteiger partial charge in [0.05, 0.1) is 13.2 Å². The van der Waals surface area contributed by atoms with Crippen molar-refractivity contribution in [3.63, 3.8) is 0 Å². The molecular formula is C21H26O3.